The van der Waals surface area contributed by atoms with Crippen LogP contribution in [0.3, 0.4) is 0 Å². The Morgan fingerprint density at radius 2 is 1.96 bits per heavy atom. The van der Waals surface area contributed by atoms with E-state index in [0.29, 0.717) is 17.1 Å². The Morgan fingerprint density at radius 3 is 2.78 bits per heavy atom. The highest BCUT2D eigenvalue weighted by Gasteiger charge is 2.22. The van der Waals surface area contributed by atoms with Crippen LogP contribution in [0.25, 0.3) is 5.69 Å². The number of phenolic OH excluding ortho intramolecular Hbond substituents is 1. The second-order valence-electron chi connectivity index (χ2n) is 5.48. The van der Waals surface area contributed by atoms with Gasteiger partial charge in [-0.1, -0.05) is 23.7 Å². The van der Waals surface area contributed by atoms with Gasteiger partial charge in [0.15, 0.2) is 0 Å². The number of hydrogen-bond acceptors (Lipinski definition) is 3. The van der Waals surface area contributed by atoms with Crippen molar-refractivity contribution >= 4 is 17.3 Å². The van der Waals surface area contributed by atoms with Crippen LogP contribution in [0.4, 0.5) is 0 Å². The summed E-state index contributed by atoms with van der Waals surface area (Å²) >= 11 is 6.22. The number of aryl methyl sites for hydroxylation is 1. The van der Waals surface area contributed by atoms with E-state index in [1.807, 2.05) is 43.5 Å². The minimum Gasteiger partial charge on any atom is -0.507 e. The van der Waals surface area contributed by atoms with Gasteiger partial charge in [0.1, 0.15) is 11.6 Å². The first-order valence-corrected chi connectivity index (χ1v) is 7.69. The highest BCUT2D eigenvalue weighted by atomic mass is 35.5. The molecule has 0 unspecified atom stereocenters. The van der Waals surface area contributed by atoms with Gasteiger partial charge in [-0.25, -0.2) is 4.98 Å². The third-order valence-corrected chi connectivity index (χ3v) is 4.26. The van der Waals surface area contributed by atoms with Crippen molar-refractivity contribution in [2.24, 2.45) is 4.99 Å². The number of nitrogens with zero attached hydrogens (tertiary/aromatic N) is 3. The van der Waals surface area contributed by atoms with Gasteiger partial charge >= 0.3 is 0 Å². The second kappa shape index (κ2) is 5.25. The van der Waals surface area contributed by atoms with E-state index in [2.05, 4.69) is 9.55 Å². The van der Waals surface area contributed by atoms with E-state index in [1.165, 1.54) is 0 Å². The summed E-state index contributed by atoms with van der Waals surface area (Å²) in [5, 5.41) is 10.9. The highest BCUT2D eigenvalue weighted by Crippen LogP contribution is 2.31. The Hall–Kier alpha value is -2.59. The number of para-hydroxylation sites is 1. The Labute approximate surface area is 138 Å². The molecule has 23 heavy (non-hydrogen) atoms. The maximum absolute atomic E-state index is 10.2. The van der Waals surface area contributed by atoms with Gasteiger partial charge in [0, 0.05) is 16.1 Å². The van der Waals surface area contributed by atoms with Crippen LogP contribution in [-0.4, -0.2) is 20.4 Å². The highest BCUT2D eigenvalue weighted by molar-refractivity contribution is 6.31. The molecule has 4 rings (SSSR count). The van der Waals surface area contributed by atoms with Gasteiger partial charge in [-0.2, -0.15) is 0 Å². The predicted molar refractivity (Wildman–Crippen MR) is 90.8 cm³/mol. The molecule has 3 aromatic rings. The van der Waals surface area contributed by atoms with Crippen LogP contribution in [0.2, 0.25) is 5.02 Å². The minimum absolute atomic E-state index is 0.207. The van der Waals surface area contributed by atoms with E-state index in [1.54, 1.807) is 12.1 Å². The number of aromatic nitrogens is 2. The summed E-state index contributed by atoms with van der Waals surface area (Å²) in [7, 11) is 0. The maximum atomic E-state index is 10.2. The van der Waals surface area contributed by atoms with E-state index < -0.39 is 0 Å². The number of benzene rings is 2. The topological polar surface area (TPSA) is 50.4 Å². The van der Waals surface area contributed by atoms with Crippen LogP contribution in [0.1, 0.15) is 22.6 Å². The number of aliphatic imine (C=N–C) groups is 1. The van der Waals surface area contributed by atoms with Crippen LogP contribution < -0.4 is 0 Å². The molecule has 0 fully saturated rings. The zero-order valence-corrected chi connectivity index (χ0v) is 13.2. The number of phenols is 1. The zero-order chi connectivity index (χ0) is 16.0. The van der Waals surface area contributed by atoms with Gasteiger partial charge in [-0.05, 0) is 37.3 Å². The molecular formula is C18H14ClN3O. The SMILES string of the molecule is Cc1ncc2n1-c1ccc(Cl)cc1C(c1ccccc1O)=NC2. The molecule has 5 heteroatoms. The van der Waals surface area contributed by atoms with Crippen molar-refractivity contribution < 1.29 is 5.11 Å². The minimum atomic E-state index is 0.207. The lowest BCUT2D eigenvalue weighted by molar-refractivity contribution is 0.474. The largest absolute Gasteiger partial charge is 0.507 e. The smallest absolute Gasteiger partial charge is 0.124 e. The summed E-state index contributed by atoms with van der Waals surface area (Å²) in [4.78, 5) is 9.12. The molecule has 0 atom stereocenters. The van der Waals surface area contributed by atoms with Crippen LogP contribution in [0, 0.1) is 6.92 Å². The fourth-order valence-electron chi connectivity index (χ4n) is 2.97. The maximum Gasteiger partial charge on any atom is 0.124 e. The normalized spacial score (nSPS) is 13.0. The van der Waals surface area contributed by atoms with Crippen LogP contribution in [0.5, 0.6) is 5.75 Å². The van der Waals surface area contributed by atoms with E-state index >= 15 is 0 Å². The van der Waals surface area contributed by atoms with E-state index in [9.17, 15) is 5.11 Å². The van der Waals surface area contributed by atoms with Crippen molar-refractivity contribution in [3.05, 3.63) is 76.3 Å². The van der Waals surface area contributed by atoms with E-state index in [-0.39, 0.29) is 5.75 Å². The van der Waals surface area contributed by atoms with Gasteiger partial charge in [0.2, 0.25) is 0 Å². The van der Waals surface area contributed by atoms with Crippen LogP contribution in [0.15, 0.2) is 53.7 Å². The molecule has 0 aliphatic carbocycles. The van der Waals surface area contributed by atoms with Crippen molar-refractivity contribution in [1.29, 1.82) is 0 Å². The predicted octanol–water partition coefficient (Wildman–Crippen LogP) is 3.89. The van der Waals surface area contributed by atoms with Gasteiger partial charge in [0.05, 0.1) is 29.8 Å². The Morgan fingerprint density at radius 1 is 1.13 bits per heavy atom. The standard InChI is InChI=1S/C18H14ClN3O/c1-11-20-9-13-10-21-18(14-4-2-3-5-17(14)23)15-8-12(19)6-7-16(15)22(11)13/h2-9,23H,10H2,1H3. The van der Waals surface area contributed by atoms with Crippen molar-refractivity contribution in [3.8, 4) is 11.4 Å². The molecule has 4 nitrogen and oxygen atoms in total. The molecule has 0 radical (unpaired) electrons. The van der Waals surface area contributed by atoms with Gasteiger partial charge in [-0.15, -0.1) is 0 Å². The number of aromatic hydroxyl groups is 1. The van der Waals surface area contributed by atoms with Crippen molar-refractivity contribution in [2.75, 3.05) is 0 Å². The molecule has 2 heterocycles. The molecule has 1 N–H and O–H groups in total. The zero-order valence-electron chi connectivity index (χ0n) is 12.5. The quantitative estimate of drug-likeness (QED) is 0.738. The van der Waals surface area contributed by atoms with Crippen molar-refractivity contribution in [3.63, 3.8) is 0 Å². The molecule has 0 bridgehead atoms. The van der Waals surface area contributed by atoms with Crippen molar-refractivity contribution in [1.82, 2.24) is 9.55 Å². The second-order valence-corrected chi connectivity index (χ2v) is 5.91. The molecule has 0 saturated heterocycles. The first-order chi connectivity index (χ1) is 11.1. The average molecular weight is 324 g/mol. The molecule has 1 aliphatic rings. The van der Waals surface area contributed by atoms with E-state index in [0.717, 1.165) is 28.5 Å². The molecule has 2 aromatic carbocycles. The van der Waals surface area contributed by atoms with Crippen LogP contribution >= 0.6 is 11.6 Å². The fourth-order valence-corrected chi connectivity index (χ4v) is 3.15. The average Bonchev–Trinajstić information content (AvgIpc) is 2.82. The first kappa shape index (κ1) is 14.0. The van der Waals surface area contributed by atoms with Gasteiger partial charge < -0.3 is 5.11 Å². The summed E-state index contributed by atoms with van der Waals surface area (Å²) in [6, 6.07) is 12.9. The van der Waals surface area contributed by atoms with E-state index in [4.69, 9.17) is 16.6 Å². The number of imidazole rings is 1. The lowest BCUT2D eigenvalue weighted by atomic mass is 9.99. The molecule has 0 spiro atoms. The Bertz CT molecular complexity index is 943. The number of fused-ring (bicyclic) bond motifs is 3. The molecule has 114 valence electrons. The number of hydrogen-bond donors (Lipinski definition) is 1. The molecule has 0 amide bonds. The van der Waals surface area contributed by atoms with Gasteiger partial charge in [0.25, 0.3) is 0 Å². The molecular weight excluding hydrogens is 310 g/mol. The summed E-state index contributed by atoms with van der Waals surface area (Å²) in [5.74, 6) is 1.11. The monoisotopic (exact) mass is 323 g/mol. The number of rotatable bonds is 1. The fraction of sp³-hybridized carbons (Fsp3) is 0.111. The number of halogens is 1. The van der Waals surface area contributed by atoms with Gasteiger partial charge in [-0.3, -0.25) is 9.56 Å². The summed E-state index contributed by atoms with van der Waals surface area (Å²) < 4.78 is 2.09. The third-order valence-electron chi connectivity index (χ3n) is 4.02. The molecule has 1 aliphatic heterocycles. The first-order valence-electron chi connectivity index (χ1n) is 7.31. The Kier molecular flexibility index (Phi) is 3.20. The summed E-state index contributed by atoms with van der Waals surface area (Å²) in [5.41, 5.74) is 4.31. The lowest BCUT2D eigenvalue weighted by Crippen LogP contribution is -2.08. The third kappa shape index (κ3) is 2.23. The Balaban J connectivity index is 2.03. The van der Waals surface area contributed by atoms with Crippen molar-refractivity contribution in [2.45, 2.75) is 13.5 Å². The summed E-state index contributed by atoms with van der Waals surface area (Å²) in [6.45, 7) is 2.46. The lowest BCUT2D eigenvalue weighted by Gasteiger charge is -2.14. The van der Waals surface area contributed by atoms with Crippen LogP contribution in [-0.2, 0) is 6.54 Å². The molecule has 1 aromatic heterocycles. The summed E-state index contributed by atoms with van der Waals surface area (Å²) in [6.07, 6.45) is 1.84. The molecule has 0 saturated carbocycles.